The Bertz CT molecular complexity index is 1020. The Labute approximate surface area is 240 Å². The predicted molar refractivity (Wildman–Crippen MR) is 163 cm³/mol. The lowest BCUT2D eigenvalue weighted by molar-refractivity contribution is -0.131. The molecule has 1 atom stereocenters. The number of unbranched alkanes of at least 4 members (excludes halogenated alkanes) is 4. The number of carboxylic acid groups (broad SMARTS) is 1. The van der Waals surface area contributed by atoms with E-state index in [9.17, 15) is 15.0 Å². The van der Waals surface area contributed by atoms with Crippen LogP contribution in [0, 0.1) is 5.41 Å². The van der Waals surface area contributed by atoms with Crippen molar-refractivity contribution in [3.05, 3.63) is 102 Å². The van der Waals surface area contributed by atoms with Crippen LogP contribution in [0.5, 0.6) is 0 Å². The summed E-state index contributed by atoms with van der Waals surface area (Å²) >= 11 is 0. The van der Waals surface area contributed by atoms with E-state index in [1.165, 1.54) is 24.8 Å². The maximum absolute atomic E-state index is 10.1. The molecule has 2 aromatic carbocycles. The minimum atomic E-state index is -0.922. The van der Waals surface area contributed by atoms with Crippen LogP contribution in [0.1, 0.15) is 56.1 Å². The molecule has 1 aliphatic rings. The zero-order chi connectivity index (χ0) is 28.7. The Kier molecular flexibility index (Phi) is 17.3. The van der Waals surface area contributed by atoms with Crippen LogP contribution in [0.4, 0.5) is 0 Å². The van der Waals surface area contributed by atoms with Crippen molar-refractivity contribution in [1.29, 1.82) is 0 Å². The Morgan fingerprint density at radius 1 is 0.900 bits per heavy atom. The monoisotopic (exact) mass is 549 g/mol. The van der Waals surface area contributed by atoms with Gasteiger partial charge in [-0.25, -0.2) is 4.79 Å². The number of nitrogens with one attached hydrogen (secondary N) is 1. The van der Waals surface area contributed by atoms with Crippen LogP contribution in [0.15, 0.2) is 90.5 Å². The smallest absolute Gasteiger partial charge is 0.328 e. The summed E-state index contributed by atoms with van der Waals surface area (Å²) in [5.74, 6) is -0.922. The molecule has 6 nitrogen and oxygen atoms in total. The molecule has 0 radical (unpaired) electrons. The summed E-state index contributed by atoms with van der Waals surface area (Å²) in [6, 6.07) is 19.9. The maximum Gasteiger partial charge on any atom is 0.328 e. The molecular weight excluding hydrogens is 502 g/mol. The molecule has 4 N–H and O–H groups in total. The number of aliphatic hydroxyl groups excluding tert-OH is 2. The molecule has 1 aliphatic carbocycles. The van der Waals surface area contributed by atoms with Crippen molar-refractivity contribution in [2.45, 2.75) is 51.4 Å². The van der Waals surface area contributed by atoms with Gasteiger partial charge >= 0.3 is 5.97 Å². The van der Waals surface area contributed by atoms with Crippen molar-refractivity contribution >= 4 is 12.0 Å². The van der Waals surface area contributed by atoms with Crippen LogP contribution < -0.4 is 5.32 Å². The summed E-state index contributed by atoms with van der Waals surface area (Å²) in [6.07, 6.45) is 17.5. The molecule has 0 aromatic heterocycles. The van der Waals surface area contributed by atoms with E-state index in [1.54, 1.807) is 6.08 Å². The lowest BCUT2D eigenvalue weighted by atomic mass is 9.79. The Morgan fingerprint density at radius 3 is 2.25 bits per heavy atom. The van der Waals surface area contributed by atoms with Gasteiger partial charge in [-0.2, -0.15) is 0 Å². The largest absolute Gasteiger partial charge is 0.478 e. The van der Waals surface area contributed by atoms with Crippen molar-refractivity contribution in [3.8, 4) is 0 Å². The minimum absolute atomic E-state index is 0.0706. The van der Waals surface area contributed by atoms with Gasteiger partial charge in [0.05, 0.1) is 13.2 Å². The fraction of sp³-hybridized carbons (Fsp3) is 0.441. The second-order valence-electron chi connectivity index (χ2n) is 10.3. The van der Waals surface area contributed by atoms with Gasteiger partial charge in [0.15, 0.2) is 0 Å². The lowest BCUT2D eigenvalue weighted by Gasteiger charge is -2.32. The summed E-state index contributed by atoms with van der Waals surface area (Å²) in [7, 11) is 0. The van der Waals surface area contributed by atoms with Gasteiger partial charge in [0.2, 0.25) is 0 Å². The number of carbonyl (C=O) groups is 1. The number of ether oxygens (including phenoxy) is 1. The zero-order valence-corrected chi connectivity index (χ0v) is 23.7. The van der Waals surface area contributed by atoms with Crippen LogP contribution in [-0.4, -0.2) is 60.8 Å². The number of aliphatic hydroxyl groups is 2. The first-order valence-electron chi connectivity index (χ1n) is 14.4. The molecular formula is C34H47NO5. The molecule has 0 heterocycles. The van der Waals surface area contributed by atoms with Gasteiger partial charge in [-0.15, -0.1) is 0 Å². The van der Waals surface area contributed by atoms with Crippen LogP contribution in [0.2, 0.25) is 0 Å². The van der Waals surface area contributed by atoms with Crippen molar-refractivity contribution in [2.75, 3.05) is 39.5 Å². The number of aliphatic carboxylic acids is 1. The summed E-state index contributed by atoms with van der Waals surface area (Å²) in [6.45, 7) is 3.64. The van der Waals surface area contributed by atoms with Crippen LogP contribution in [0.3, 0.4) is 0 Å². The molecule has 0 aliphatic heterocycles. The van der Waals surface area contributed by atoms with E-state index in [1.807, 2.05) is 42.5 Å². The highest BCUT2D eigenvalue weighted by atomic mass is 16.5. The van der Waals surface area contributed by atoms with Gasteiger partial charge in [-0.3, -0.25) is 0 Å². The first kappa shape index (κ1) is 33.2. The van der Waals surface area contributed by atoms with Gasteiger partial charge in [0, 0.05) is 31.2 Å². The third-order valence-electron chi connectivity index (χ3n) is 6.81. The summed E-state index contributed by atoms with van der Waals surface area (Å²) in [5.41, 5.74) is 3.04. The molecule has 0 spiro atoms. The second kappa shape index (κ2) is 20.8. The van der Waals surface area contributed by atoms with Crippen LogP contribution in [0.25, 0.3) is 6.08 Å². The van der Waals surface area contributed by atoms with Gasteiger partial charge < -0.3 is 25.4 Å². The fourth-order valence-electron chi connectivity index (χ4n) is 4.51. The highest BCUT2D eigenvalue weighted by Crippen LogP contribution is 2.30. The van der Waals surface area contributed by atoms with Crippen molar-refractivity contribution in [3.63, 3.8) is 0 Å². The zero-order valence-electron chi connectivity index (χ0n) is 23.7. The molecule has 0 saturated heterocycles. The van der Waals surface area contributed by atoms with E-state index in [0.29, 0.717) is 0 Å². The highest BCUT2D eigenvalue weighted by Gasteiger charge is 2.28. The summed E-state index contributed by atoms with van der Waals surface area (Å²) in [5, 5.41) is 30.9. The average Bonchev–Trinajstić information content (AvgIpc) is 3.00. The van der Waals surface area contributed by atoms with E-state index in [4.69, 9.17) is 9.84 Å². The summed E-state index contributed by atoms with van der Waals surface area (Å²) < 4.78 is 5.75. The molecule has 0 bridgehead atoms. The number of aryl methyl sites for hydroxylation is 1. The average molecular weight is 550 g/mol. The second-order valence-corrected chi connectivity index (χ2v) is 10.3. The number of carboxylic acids is 1. The highest BCUT2D eigenvalue weighted by molar-refractivity contribution is 5.85. The van der Waals surface area contributed by atoms with E-state index < -0.39 is 5.97 Å². The van der Waals surface area contributed by atoms with Crippen molar-refractivity contribution in [2.24, 2.45) is 5.41 Å². The summed E-state index contributed by atoms with van der Waals surface area (Å²) in [4.78, 5) is 10.1. The Balaban J connectivity index is 0.000000425. The van der Waals surface area contributed by atoms with Gasteiger partial charge in [-0.1, -0.05) is 91.7 Å². The molecule has 40 heavy (non-hydrogen) atoms. The predicted octanol–water partition coefficient (Wildman–Crippen LogP) is 5.82. The van der Waals surface area contributed by atoms with E-state index in [0.717, 1.165) is 75.6 Å². The standard InChI is InChI=1S/C25H39NO3.C9H8O2/c27-20-24-14-10-15-25(19-24,22-28)21-26-16-7-1-2-8-17-29-18-9-6-13-23-11-4-3-5-12-23;10-9(11)7-6-8-4-2-1-3-5-8/h3-5,10-12,14-15,26-28H,1-2,6-9,13,16-22H2;1-7H,(H,10,11). The first-order chi connectivity index (χ1) is 19.6. The van der Waals surface area contributed by atoms with Gasteiger partial charge in [0.25, 0.3) is 0 Å². The minimum Gasteiger partial charge on any atom is -0.478 e. The number of benzene rings is 2. The van der Waals surface area contributed by atoms with Gasteiger partial charge in [-0.05, 0) is 67.8 Å². The molecule has 0 saturated carbocycles. The Hall–Kier alpha value is -3.03. The quantitative estimate of drug-likeness (QED) is 0.138. The number of hydrogen-bond donors (Lipinski definition) is 4. The fourth-order valence-corrected chi connectivity index (χ4v) is 4.51. The molecule has 6 heteroatoms. The molecule has 218 valence electrons. The van der Waals surface area contributed by atoms with E-state index in [2.05, 4.69) is 41.7 Å². The molecule has 0 fully saturated rings. The Morgan fingerprint density at radius 2 is 1.57 bits per heavy atom. The normalized spacial score (nSPS) is 16.4. The first-order valence-corrected chi connectivity index (χ1v) is 14.4. The van der Waals surface area contributed by atoms with Crippen molar-refractivity contribution in [1.82, 2.24) is 5.32 Å². The SMILES string of the molecule is O=C(O)C=Cc1ccccc1.OCC1=CC=CC(CO)(CNCCCCCCOCCCCc2ccccc2)C1. The topological polar surface area (TPSA) is 99.0 Å². The molecule has 3 rings (SSSR count). The number of hydrogen-bond acceptors (Lipinski definition) is 5. The van der Waals surface area contributed by atoms with Gasteiger partial charge in [0.1, 0.15) is 0 Å². The third-order valence-corrected chi connectivity index (χ3v) is 6.81. The maximum atomic E-state index is 10.1. The lowest BCUT2D eigenvalue weighted by Crippen LogP contribution is -2.37. The molecule has 2 aromatic rings. The molecule has 0 amide bonds. The third kappa shape index (κ3) is 14.9. The van der Waals surface area contributed by atoms with E-state index in [-0.39, 0.29) is 18.6 Å². The number of allylic oxidation sites excluding steroid dienone is 2. The van der Waals surface area contributed by atoms with Crippen LogP contribution in [-0.2, 0) is 16.0 Å². The number of rotatable bonds is 18. The van der Waals surface area contributed by atoms with E-state index >= 15 is 0 Å². The van der Waals surface area contributed by atoms with Crippen LogP contribution >= 0.6 is 0 Å². The van der Waals surface area contributed by atoms with Crippen molar-refractivity contribution < 1.29 is 24.9 Å². The molecule has 1 unspecified atom stereocenters.